The van der Waals surface area contributed by atoms with Crippen molar-refractivity contribution in [2.24, 2.45) is 0 Å². The monoisotopic (exact) mass is 350 g/mol. The van der Waals surface area contributed by atoms with Crippen molar-refractivity contribution < 1.29 is 9.18 Å². The standard InChI is InChI=1S/C20H19FN4O/c1-2-25(14-15-6-4-3-5-7-15)19-13-12-18(23-24-19)22-20(26)16-8-10-17(21)11-9-16/h3-13H,2,14H2,1H3,(H,22,23,26). The van der Waals surface area contributed by atoms with Crippen LogP contribution in [-0.2, 0) is 6.54 Å². The summed E-state index contributed by atoms with van der Waals surface area (Å²) >= 11 is 0. The first-order chi connectivity index (χ1) is 12.7. The molecule has 2 aromatic carbocycles. The van der Waals surface area contributed by atoms with Gasteiger partial charge in [-0.3, -0.25) is 4.79 Å². The molecule has 0 unspecified atom stereocenters. The molecule has 1 aromatic heterocycles. The quantitative estimate of drug-likeness (QED) is 0.733. The van der Waals surface area contributed by atoms with Crippen molar-refractivity contribution in [3.8, 4) is 0 Å². The molecule has 1 N–H and O–H groups in total. The Kier molecular flexibility index (Phi) is 5.53. The SMILES string of the molecule is CCN(Cc1ccccc1)c1ccc(NC(=O)c2ccc(F)cc2)nn1. The lowest BCUT2D eigenvalue weighted by Crippen LogP contribution is -2.23. The van der Waals surface area contributed by atoms with Crippen molar-refractivity contribution in [1.82, 2.24) is 10.2 Å². The number of hydrogen-bond acceptors (Lipinski definition) is 4. The van der Waals surface area contributed by atoms with E-state index in [0.717, 1.165) is 18.9 Å². The molecule has 0 aliphatic rings. The topological polar surface area (TPSA) is 58.1 Å². The molecule has 0 fully saturated rings. The molecule has 5 nitrogen and oxygen atoms in total. The Morgan fingerprint density at radius 1 is 1.00 bits per heavy atom. The summed E-state index contributed by atoms with van der Waals surface area (Å²) in [6.07, 6.45) is 0. The van der Waals surface area contributed by atoms with E-state index in [4.69, 9.17) is 0 Å². The summed E-state index contributed by atoms with van der Waals surface area (Å²) in [5, 5.41) is 10.9. The van der Waals surface area contributed by atoms with Gasteiger partial charge in [-0.15, -0.1) is 10.2 Å². The number of hydrogen-bond donors (Lipinski definition) is 1. The smallest absolute Gasteiger partial charge is 0.256 e. The zero-order valence-corrected chi connectivity index (χ0v) is 14.4. The fourth-order valence-electron chi connectivity index (χ4n) is 2.51. The lowest BCUT2D eigenvalue weighted by Gasteiger charge is -2.21. The molecule has 132 valence electrons. The molecule has 0 aliphatic carbocycles. The number of rotatable bonds is 6. The minimum Gasteiger partial charge on any atom is -0.351 e. The maximum absolute atomic E-state index is 12.9. The lowest BCUT2D eigenvalue weighted by molar-refractivity contribution is 0.102. The van der Waals surface area contributed by atoms with Gasteiger partial charge >= 0.3 is 0 Å². The van der Waals surface area contributed by atoms with Gasteiger partial charge in [0.15, 0.2) is 11.6 Å². The maximum atomic E-state index is 12.9. The number of carbonyl (C=O) groups excluding carboxylic acids is 1. The van der Waals surface area contributed by atoms with Gasteiger partial charge in [-0.1, -0.05) is 30.3 Å². The highest BCUT2D eigenvalue weighted by molar-refractivity contribution is 6.03. The Morgan fingerprint density at radius 2 is 1.73 bits per heavy atom. The van der Waals surface area contributed by atoms with E-state index in [1.807, 2.05) is 24.3 Å². The molecule has 0 atom stereocenters. The van der Waals surface area contributed by atoms with Crippen molar-refractivity contribution in [3.63, 3.8) is 0 Å². The van der Waals surface area contributed by atoms with E-state index in [-0.39, 0.29) is 11.7 Å². The van der Waals surface area contributed by atoms with Crippen LogP contribution in [0, 0.1) is 5.82 Å². The summed E-state index contributed by atoms with van der Waals surface area (Å²) in [4.78, 5) is 14.2. The van der Waals surface area contributed by atoms with Gasteiger partial charge in [0.05, 0.1) is 0 Å². The molecule has 0 saturated carbocycles. The highest BCUT2D eigenvalue weighted by Gasteiger charge is 2.10. The highest BCUT2D eigenvalue weighted by Crippen LogP contribution is 2.15. The van der Waals surface area contributed by atoms with Gasteiger partial charge in [0, 0.05) is 18.7 Å². The van der Waals surface area contributed by atoms with Crippen LogP contribution >= 0.6 is 0 Å². The molecule has 1 amide bonds. The van der Waals surface area contributed by atoms with Crippen LogP contribution in [0.5, 0.6) is 0 Å². The molecule has 1 heterocycles. The Morgan fingerprint density at radius 3 is 2.35 bits per heavy atom. The predicted octanol–water partition coefficient (Wildman–Crippen LogP) is 3.89. The number of carbonyl (C=O) groups is 1. The van der Waals surface area contributed by atoms with Crippen LogP contribution in [0.1, 0.15) is 22.8 Å². The fourth-order valence-corrected chi connectivity index (χ4v) is 2.51. The molecule has 0 bridgehead atoms. The first-order valence-electron chi connectivity index (χ1n) is 8.35. The van der Waals surface area contributed by atoms with Crippen LogP contribution in [0.2, 0.25) is 0 Å². The third kappa shape index (κ3) is 4.42. The van der Waals surface area contributed by atoms with E-state index in [9.17, 15) is 9.18 Å². The zero-order valence-electron chi connectivity index (χ0n) is 14.4. The Labute approximate surface area is 151 Å². The Bertz CT molecular complexity index is 851. The maximum Gasteiger partial charge on any atom is 0.256 e. The molecule has 0 aliphatic heterocycles. The van der Waals surface area contributed by atoms with E-state index >= 15 is 0 Å². The van der Waals surface area contributed by atoms with Crippen molar-refractivity contribution in [2.75, 3.05) is 16.8 Å². The number of anilines is 2. The summed E-state index contributed by atoms with van der Waals surface area (Å²) in [5.41, 5.74) is 1.54. The third-order valence-electron chi connectivity index (χ3n) is 3.92. The van der Waals surface area contributed by atoms with Crippen molar-refractivity contribution in [3.05, 3.63) is 83.7 Å². The molecular weight excluding hydrogens is 331 g/mol. The summed E-state index contributed by atoms with van der Waals surface area (Å²) in [7, 11) is 0. The van der Waals surface area contributed by atoms with Gasteiger partial charge < -0.3 is 10.2 Å². The largest absolute Gasteiger partial charge is 0.351 e. The lowest BCUT2D eigenvalue weighted by atomic mass is 10.2. The first kappa shape index (κ1) is 17.5. The molecule has 6 heteroatoms. The van der Waals surface area contributed by atoms with Crippen molar-refractivity contribution in [1.29, 1.82) is 0 Å². The Hall–Kier alpha value is -3.28. The summed E-state index contributed by atoms with van der Waals surface area (Å²) in [6, 6.07) is 19.0. The van der Waals surface area contributed by atoms with E-state index in [1.165, 1.54) is 29.8 Å². The molecule has 0 saturated heterocycles. The van der Waals surface area contributed by atoms with Gasteiger partial charge in [0.1, 0.15) is 5.82 Å². The number of nitrogens with one attached hydrogen (secondary N) is 1. The van der Waals surface area contributed by atoms with Crippen LogP contribution in [-0.4, -0.2) is 22.6 Å². The average molecular weight is 350 g/mol. The summed E-state index contributed by atoms with van der Waals surface area (Å²) in [6.45, 7) is 3.56. The number of halogens is 1. The molecule has 26 heavy (non-hydrogen) atoms. The minimum absolute atomic E-state index is 0.346. The zero-order chi connectivity index (χ0) is 18.4. The predicted molar refractivity (Wildman–Crippen MR) is 99.6 cm³/mol. The van der Waals surface area contributed by atoms with Crippen LogP contribution in [0.3, 0.4) is 0 Å². The van der Waals surface area contributed by atoms with Crippen molar-refractivity contribution in [2.45, 2.75) is 13.5 Å². The molecule has 0 spiro atoms. The summed E-state index contributed by atoms with van der Waals surface area (Å²) in [5.74, 6) is 0.336. The number of aromatic nitrogens is 2. The fraction of sp³-hybridized carbons (Fsp3) is 0.150. The van der Waals surface area contributed by atoms with Gasteiger partial charge in [-0.05, 0) is 48.9 Å². The number of nitrogens with zero attached hydrogens (tertiary/aromatic N) is 3. The molecule has 0 radical (unpaired) electrons. The van der Waals surface area contributed by atoms with Gasteiger partial charge in [0.2, 0.25) is 0 Å². The van der Waals surface area contributed by atoms with Crippen LogP contribution in [0.25, 0.3) is 0 Å². The third-order valence-corrected chi connectivity index (χ3v) is 3.92. The second kappa shape index (κ2) is 8.20. The highest BCUT2D eigenvalue weighted by atomic mass is 19.1. The van der Waals surface area contributed by atoms with Crippen LogP contribution in [0.15, 0.2) is 66.7 Å². The van der Waals surface area contributed by atoms with E-state index in [2.05, 4.69) is 39.5 Å². The van der Waals surface area contributed by atoms with E-state index < -0.39 is 0 Å². The summed E-state index contributed by atoms with van der Waals surface area (Å²) < 4.78 is 12.9. The van der Waals surface area contributed by atoms with E-state index in [1.54, 1.807) is 6.07 Å². The molecule has 3 aromatic rings. The Balaban J connectivity index is 1.67. The minimum atomic E-state index is -0.385. The number of amides is 1. The first-order valence-corrected chi connectivity index (χ1v) is 8.35. The van der Waals surface area contributed by atoms with E-state index in [0.29, 0.717) is 11.4 Å². The van der Waals surface area contributed by atoms with Gasteiger partial charge in [-0.25, -0.2) is 4.39 Å². The van der Waals surface area contributed by atoms with Gasteiger partial charge in [0.25, 0.3) is 5.91 Å². The van der Waals surface area contributed by atoms with Crippen LogP contribution in [0.4, 0.5) is 16.0 Å². The molecular formula is C20H19FN4O. The normalized spacial score (nSPS) is 10.4. The van der Waals surface area contributed by atoms with Crippen LogP contribution < -0.4 is 10.2 Å². The molecule has 3 rings (SSSR count). The van der Waals surface area contributed by atoms with Gasteiger partial charge in [-0.2, -0.15) is 0 Å². The van der Waals surface area contributed by atoms with Crippen molar-refractivity contribution >= 4 is 17.5 Å². The second-order valence-corrected chi connectivity index (χ2v) is 5.74. The number of benzene rings is 2. The second-order valence-electron chi connectivity index (χ2n) is 5.74. The average Bonchev–Trinajstić information content (AvgIpc) is 2.68.